The number of thioether (sulfide) groups is 1. The van der Waals surface area contributed by atoms with E-state index in [-0.39, 0.29) is 23.6 Å². The van der Waals surface area contributed by atoms with Crippen LogP contribution in [0.3, 0.4) is 0 Å². The number of nitrogens with one attached hydrogen (secondary N) is 1. The maximum atomic E-state index is 12.0. The van der Waals surface area contributed by atoms with E-state index in [9.17, 15) is 4.79 Å². The zero-order valence-corrected chi connectivity index (χ0v) is 13.9. The molecule has 1 aromatic carbocycles. The molecule has 0 saturated heterocycles. The topological polar surface area (TPSA) is 120 Å². The first-order valence-electron chi connectivity index (χ1n) is 7.27. The lowest BCUT2D eigenvalue weighted by atomic mass is 9.99. The number of aromatic nitrogens is 3. The van der Waals surface area contributed by atoms with Crippen LogP contribution in [-0.2, 0) is 4.79 Å². The number of carbonyl (C=O) groups is 1. The van der Waals surface area contributed by atoms with E-state index in [4.69, 9.17) is 11.5 Å². The first-order valence-corrected chi connectivity index (χ1v) is 8.26. The molecule has 0 aliphatic carbocycles. The molecule has 0 unspecified atom stereocenters. The number of hydrogen-bond donors (Lipinski definition) is 3. The summed E-state index contributed by atoms with van der Waals surface area (Å²) in [4.78, 5) is 23.5. The molecule has 0 bridgehead atoms. The Morgan fingerprint density at radius 2 is 1.78 bits per heavy atom. The SMILES string of the molecule is CC[C@@H](C)c1ccc(NC(=O)CSc2nc(N)nc(N)n2)cc1. The fourth-order valence-electron chi connectivity index (χ4n) is 1.91. The third-order valence-electron chi connectivity index (χ3n) is 3.36. The quantitative estimate of drug-likeness (QED) is 0.694. The van der Waals surface area contributed by atoms with Crippen LogP contribution in [0.4, 0.5) is 17.6 Å². The Morgan fingerprint density at radius 1 is 1.17 bits per heavy atom. The molecule has 2 aromatic rings. The summed E-state index contributed by atoms with van der Waals surface area (Å²) in [6.45, 7) is 4.33. The zero-order chi connectivity index (χ0) is 16.8. The van der Waals surface area contributed by atoms with Gasteiger partial charge in [-0.05, 0) is 30.0 Å². The molecule has 1 atom stereocenters. The summed E-state index contributed by atoms with van der Waals surface area (Å²) < 4.78 is 0. The van der Waals surface area contributed by atoms with Crippen molar-refractivity contribution >= 4 is 35.3 Å². The molecule has 23 heavy (non-hydrogen) atoms. The van der Waals surface area contributed by atoms with Crippen molar-refractivity contribution in [3.05, 3.63) is 29.8 Å². The molecular formula is C15H20N6OS. The van der Waals surface area contributed by atoms with Gasteiger partial charge in [0.2, 0.25) is 17.8 Å². The second-order valence-electron chi connectivity index (χ2n) is 5.10. The molecule has 1 aromatic heterocycles. The molecule has 0 aliphatic rings. The Kier molecular flexibility index (Phi) is 5.75. The Bertz CT molecular complexity index is 656. The van der Waals surface area contributed by atoms with Crippen molar-refractivity contribution in [2.24, 2.45) is 0 Å². The van der Waals surface area contributed by atoms with Crippen molar-refractivity contribution in [3.63, 3.8) is 0 Å². The first-order chi connectivity index (χ1) is 11.0. The van der Waals surface area contributed by atoms with Crippen LogP contribution in [0.1, 0.15) is 31.7 Å². The van der Waals surface area contributed by atoms with E-state index in [1.165, 1.54) is 5.56 Å². The summed E-state index contributed by atoms with van der Waals surface area (Å²) >= 11 is 1.15. The van der Waals surface area contributed by atoms with Gasteiger partial charge in [-0.25, -0.2) is 0 Å². The van der Waals surface area contributed by atoms with E-state index >= 15 is 0 Å². The van der Waals surface area contributed by atoms with Gasteiger partial charge < -0.3 is 16.8 Å². The number of nitrogens with two attached hydrogens (primary N) is 2. The average molecular weight is 332 g/mol. The van der Waals surface area contributed by atoms with Gasteiger partial charge in [0.1, 0.15) is 0 Å². The van der Waals surface area contributed by atoms with Crippen LogP contribution >= 0.6 is 11.8 Å². The minimum absolute atomic E-state index is 0.0426. The van der Waals surface area contributed by atoms with Crippen LogP contribution in [0, 0.1) is 0 Å². The lowest BCUT2D eigenvalue weighted by Crippen LogP contribution is -2.14. The smallest absolute Gasteiger partial charge is 0.234 e. The van der Waals surface area contributed by atoms with Crippen molar-refractivity contribution < 1.29 is 4.79 Å². The number of rotatable bonds is 6. The van der Waals surface area contributed by atoms with Crippen LogP contribution in [-0.4, -0.2) is 26.6 Å². The van der Waals surface area contributed by atoms with Crippen LogP contribution in [0.5, 0.6) is 0 Å². The Hall–Kier alpha value is -2.35. The molecule has 0 saturated carbocycles. The van der Waals surface area contributed by atoms with E-state index in [0.717, 1.165) is 23.9 Å². The summed E-state index contributed by atoms with van der Waals surface area (Å²) in [6.07, 6.45) is 1.08. The lowest BCUT2D eigenvalue weighted by molar-refractivity contribution is -0.113. The molecule has 0 fully saturated rings. The van der Waals surface area contributed by atoms with Gasteiger partial charge in [-0.2, -0.15) is 15.0 Å². The second-order valence-corrected chi connectivity index (χ2v) is 6.05. The summed E-state index contributed by atoms with van der Waals surface area (Å²) in [5.74, 6) is 0.608. The largest absolute Gasteiger partial charge is 0.368 e. The average Bonchev–Trinajstić information content (AvgIpc) is 2.52. The minimum atomic E-state index is -0.149. The summed E-state index contributed by atoms with van der Waals surface area (Å²) in [5.41, 5.74) is 13.0. The standard InChI is InChI=1S/C15H20N6OS/c1-3-9(2)10-4-6-11(7-5-10)18-12(22)8-23-15-20-13(16)19-14(17)21-15/h4-7,9H,3,8H2,1-2H3,(H,18,22)(H4,16,17,19,20,21)/t9-/m1/s1. The molecule has 5 N–H and O–H groups in total. The summed E-state index contributed by atoms with van der Waals surface area (Å²) in [6, 6.07) is 7.88. The predicted molar refractivity (Wildman–Crippen MR) is 93.2 cm³/mol. The highest BCUT2D eigenvalue weighted by Gasteiger charge is 2.08. The van der Waals surface area contributed by atoms with Gasteiger partial charge in [0, 0.05) is 5.69 Å². The van der Waals surface area contributed by atoms with Crippen molar-refractivity contribution in [2.75, 3.05) is 22.5 Å². The van der Waals surface area contributed by atoms with E-state index < -0.39 is 0 Å². The number of nitrogen functional groups attached to an aromatic ring is 2. The number of benzene rings is 1. The fraction of sp³-hybridized carbons (Fsp3) is 0.333. The molecule has 8 heteroatoms. The van der Waals surface area contributed by atoms with E-state index in [0.29, 0.717) is 11.1 Å². The van der Waals surface area contributed by atoms with Gasteiger partial charge in [-0.3, -0.25) is 4.79 Å². The van der Waals surface area contributed by atoms with Crippen molar-refractivity contribution in [1.82, 2.24) is 15.0 Å². The van der Waals surface area contributed by atoms with Crippen LogP contribution in [0.25, 0.3) is 0 Å². The Balaban J connectivity index is 1.89. The van der Waals surface area contributed by atoms with Gasteiger partial charge in [-0.1, -0.05) is 37.7 Å². The van der Waals surface area contributed by atoms with E-state index in [2.05, 4.69) is 34.1 Å². The van der Waals surface area contributed by atoms with Gasteiger partial charge in [0.05, 0.1) is 5.75 Å². The van der Waals surface area contributed by atoms with Crippen LogP contribution in [0.2, 0.25) is 0 Å². The summed E-state index contributed by atoms with van der Waals surface area (Å²) in [7, 11) is 0. The monoisotopic (exact) mass is 332 g/mol. The lowest BCUT2D eigenvalue weighted by Gasteiger charge is -2.10. The van der Waals surface area contributed by atoms with Gasteiger partial charge >= 0.3 is 0 Å². The number of hydrogen-bond acceptors (Lipinski definition) is 7. The van der Waals surface area contributed by atoms with Gasteiger partial charge in [-0.15, -0.1) is 0 Å². The number of carbonyl (C=O) groups excluding carboxylic acids is 1. The Morgan fingerprint density at radius 3 is 2.35 bits per heavy atom. The van der Waals surface area contributed by atoms with E-state index in [1.54, 1.807) is 0 Å². The minimum Gasteiger partial charge on any atom is -0.368 e. The summed E-state index contributed by atoms with van der Waals surface area (Å²) in [5, 5.41) is 3.16. The molecule has 7 nitrogen and oxygen atoms in total. The van der Waals surface area contributed by atoms with Gasteiger partial charge in [0.25, 0.3) is 0 Å². The van der Waals surface area contributed by atoms with Crippen LogP contribution in [0.15, 0.2) is 29.4 Å². The number of anilines is 3. The highest BCUT2D eigenvalue weighted by molar-refractivity contribution is 7.99. The molecular weight excluding hydrogens is 312 g/mol. The predicted octanol–water partition coefficient (Wildman–Crippen LogP) is 2.28. The second kappa shape index (κ2) is 7.77. The van der Waals surface area contributed by atoms with E-state index in [1.807, 2.05) is 24.3 Å². The highest BCUT2D eigenvalue weighted by atomic mass is 32.2. The molecule has 0 spiro atoms. The van der Waals surface area contributed by atoms with Crippen LogP contribution < -0.4 is 16.8 Å². The molecule has 2 rings (SSSR count). The molecule has 0 aliphatic heterocycles. The molecule has 1 amide bonds. The number of nitrogens with zero attached hydrogens (tertiary/aromatic N) is 3. The fourth-order valence-corrected chi connectivity index (χ4v) is 2.56. The number of amides is 1. The van der Waals surface area contributed by atoms with Gasteiger partial charge in [0.15, 0.2) is 5.16 Å². The van der Waals surface area contributed by atoms with Crippen molar-refractivity contribution in [1.29, 1.82) is 0 Å². The third kappa shape index (κ3) is 5.10. The Labute approximate surface area is 139 Å². The molecule has 122 valence electrons. The van der Waals surface area contributed by atoms with Crippen molar-refractivity contribution in [2.45, 2.75) is 31.3 Å². The third-order valence-corrected chi connectivity index (χ3v) is 4.20. The highest BCUT2D eigenvalue weighted by Crippen LogP contribution is 2.21. The zero-order valence-electron chi connectivity index (χ0n) is 13.1. The first kappa shape index (κ1) is 17.0. The molecule has 1 heterocycles. The molecule has 0 radical (unpaired) electrons. The van der Waals surface area contributed by atoms with Crippen molar-refractivity contribution in [3.8, 4) is 0 Å². The normalized spacial score (nSPS) is 11.9. The maximum absolute atomic E-state index is 12.0. The maximum Gasteiger partial charge on any atom is 0.234 e.